The van der Waals surface area contributed by atoms with Gasteiger partial charge in [-0.3, -0.25) is 4.57 Å². The first-order valence-corrected chi connectivity index (χ1v) is 12.0. The number of ether oxygens (including phenoxy) is 1. The van der Waals surface area contributed by atoms with Gasteiger partial charge in [0, 0.05) is 23.1 Å². The van der Waals surface area contributed by atoms with Gasteiger partial charge < -0.3 is 25.4 Å². The quantitative estimate of drug-likeness (QED) is 0.379. The van der Waals surface area contributed by atoms with E-state index in [0.717, 1.165) is 19.3 Å². The van der Waals surface area contributed by atoms with Crippen LogP contribution in [0.5, 0.6) is 0 Å². The molecule has 6 atom stereocenters. The van der Waals surface area contributed by atoms with Crippen molar-refractivity contribution in [1.82, 2.24) is 19.5 Å². The van der Waals surface area contributed by atoms with Crippen molar-refractivity contribution in [1.29, 1.82) is 0 Å². The molecular formula is C22H26FN5O4S. The van der Waals surface area contributed by atoms with Crippen LogP contribution in [0.4, 0.5) is 10.2 Å². The number of halogens is 1. The molecule has 33 heavy (non-hydrogen) atoms. The van der Waals surface area contributed by atoms with Crippen molar-refractivity contribution >= 4 is 28.7 Å². The Bertz CT molecular complexity index is 1120. The lowest BCUT2D eigenvalue weighted by atomic mass is 10.1. The van der Waals surface area contributed by atoms with Crippen molar-refractivity contribution < 1.29 is 24.4 Å². The van der Waals surface area contributed by atoms with E-state index in [1.807, 2.05) is 0 Å². The molecule has 3 aromatic rings. The number of nitrogens with one attached hydrogen (secondary N) is 1. The van der Waals surface area contributed by atoms with Crippen LogP contribution in [0.3, 0.4) is 0 Å². The van der Waals surface area contributed by atoms with Gasteiger partial charge in [0.1, 0.15) is 24.4 Å². The van der Waals surface area contributed by atoms with E-state index >= 15 is 0 Å². The van der Waals surface area contributed by atoms with Crippen molar-refractivity contribution in [3.05, 3.63) is 42.7 Å². The highest BCUT2D eigenvalue weighted by Gasteiger charge is 2.44. The zero-order valence-corrected chi connectivity index (χ0v) is 18.6. The SMILES string of the molecule is OC1CCCC1CNc1ncnc2c1ncn2C1OC(CSc2ccccc2F)C(O)C1O. The monoisotopic (exact) mass is 475 g/mol. The topological polar surface area (TPSA) is 126 Å². The number of aromatic nitrogens is 4. The fourth-order valence-electron chi connectivity index (χ4n) is 4.48. The molecule has 6 unspecified atom stereocenters. The summed E-state index contributed by atoms with van der Waals surface area (Å²) in [5.74, 6) is 0.639. The molecule has 1 aliphatic carbocycles. The standard InChI is InChI=1S/C22H26FN5O4S/c23-13-5-1-2-7-16(13)33-9-15-18(30)19(31)22(32-15)28-11-27-17-20(25-10-26-21(17)28)24-8-12-4-3-6-14(12)29/h1-2,5,7,10-12,14-15,18-19,22,29-31H,3-4,6,8-9H2,(H,24,25,26). The second-order valence-electron chi connectivity index (χ2n) is 8.47. The molecule has 0 bridgehead atoms. The van der Waals surface area contributed by atoms with E-state index in [4.69, 9.17) is 4.74 Å². The Balaban J connectivity index is 1.31. The van der Waals surface area contributed by atoms with E-state index in [0.29, 0.717) is 28.4 Å². The highest BCUT2D eigenvalue weighted by Crippen LogP contribution is 2.35. The highest BCUT2D eigenvalue weighted by atomic mass is 32.2. The van der Waals surface area contributed by atoms with Gasteiger partial charge in [-0.1, -0.05) is 18.6 Å². The zero-order chi connectivity index (χ0) is 22.9. The molecule has 0 spiro atoms. The predicted octanol–water partition coefficient (Wildman–Crippen LogP) is 1.95. The first-order chi connectivity index (χ1) is 16.0. The van der Waals surface area contributed by atoms with E-state index in [1.165, 1.54) is 30.5 Å². The van der Waals surface area contributed by atoms with Gasteiger partial charge in [0.25, 0.3) is 0 Å². The minimum Gasteiger partial charge on any atom is -0.393 e. The van der Waals surface area contributed by atoms with Crippen LogP contribution < -0.4 is 5.32 Å². The molecule has 2 aromatic heterocycles. The average Bonchev–Trinajstić information content (AvgIpc) is 3.50. The Labute approximate surface area is 194 Å². The van der Waals surface area contributed by atoms with Gasteiger partial charge in [-0.25, -0.2) is 19.3 Å². The van der Waals surface area contributed by atoms with E-state index in [1.54, 1.807) is 22.8 Å². The van der Waals surface area contributed by atoms with Crippen molar-refractivity contribution in [3.8, 4) is 0 Å². The number of rotatable bonds is 7. The Morgan fingerprint density at radius 2 is 1.97 bits per heavy atom. The second-order valence-corrected chi connectivity index (χ2v) is 9.54. The van der Waals surface area contributed by atoms with E-state index in [9.17, 15) is 19.7 Å². The van der Waals surface area contributed by atoms with Gasteiger partial charge in [-0.15, -0.1) is 11.8 Å². The smallest absolute Gasteiger partial charge is 0.167 e. The molecule has 5 rings (SSSR count). The van der Waals surface area contributed by atoms with Crippen molar-refractivity contribution in [3.63, 3.8) is 0 Å². The van der Waals surface area contributed by atoms with Crippen molar-refractivity contribution in [2.24, 2.45) is 5.92 Å². The van der Waals surface area contributed by atoms with E-state index in [2.05, 4.69) is 20.3 Å². The van der Waals surface area contributed by atoms with Gasteiger partial charge in [0.05, 0.1) is 18.5 Å². The summed E-state index contributed by atoms with van der Waals surface area (Å²) in [6.07, 6.45) is 1.44. The summed E-state index contributed by atoms with van der Waals surface area (Å²) >= 11 is 1.22. The third-order valence-corrected chi connectivity index (χ3v) is 7.50. The predicted molar refractivity (Wildman–Crippen MR) is 120 cm³/mol. The van der Waals surface area contributed by atoms with Gasteiger partial charge in [-0.05, 0) is 25.0 Å². The highest BCUT2D eigenvalue weighted by molar-refractivity contribution is 7.99. The van der Waals surface area contributed by atoms with Crippen LogP contribution in [0.2, 0.25) is 0 Å². The van der Waals surface area contributed by atoms with Crippen molar-refractivity contribution in [2.75, 3.05) is 17.6 Å². The van der Waals surface area contributed by atoms with Gasteiger partial charge in [-0.2, -0.15) is 0 Å². The molecular weight excluding hydrogens is 449 g/mol. The molecule has 1 aliphatic heterocycles. The number of thioether (sulfide) groups is 1. The van der Waals surface area contributed by atoms with E-state index in [-0.39, 0.29) is 23.6 Å². The normalized spacial score (nSPS) is 29.7. The average molecular weight is 476 g/mol. The number of imidazole rings is 1. The third-order valence-electron chi connectivity index (χ3n) is 6.36. The largest absolute Gasteiger partial charge is 0.393 e. The van der Waals surface area contributed by atoms with Gasteiger partial charge in [0.2, 0.25) is 0 Å². The maximum absolute atomic E-state index is 13.9. The van der Waals surface area contributed by atoms with Crippen LogP contribution in [0, 0.1) is 11.7 Å². The van der Waals surface area contributed by atoms with Gasteiger partial charge in [0.15, 0.2) is 23.2 Å². The minimum absolute atomic E-state index is 0.167. The molecule has 1 saturated heterocycles. The maximum Gasteiger partial charge on any atom is 0.167 e. The Kier molecular flexibility index (Phi) is 6.48. The lowest BCUT2D eigenvalue weighted by Gasteiger charge is -2.17. The first kappa shape index (κ1) is 22.5. The summed E-state index contributed by atoms with van der Waals surface area (Å²) in [6.45, 7) is 0.580. The van der Waals surface area contributed by atoms with E-state index < -0.39 is 24.5 Å². The minimum atomic E-state index is -1.20. The summed E-state index contributed by atoms with van der Waals surface area (Å²) < 4.78 is 21.5. The molecule has 176 valence electrons. The summed E-state index contributed by atoms with van der Waals surface area (Å²) in [5.41, 5.74) is 0.970. The molecule has 0 amide bonds. The molecule has 1 aromatic carbocycles. The number of aliphatic hydroxyl groups excluding tert-OH is 3. The number of fused-ring (bicyclic) bond motifs is 1. The van der Waals surface area contributed by atoms with Crippen LogP contribution >= 0.6 is 11.8 Å². The van der Waals surface area contributed by atoms with Crippen LogP contribution in [0.25, 0.3) is 11.2 Å². The van der Waals surface area contributed by atoms with Crippen LogP contribution in [0.1, 0.15) is 25.5 Å². The molecule has 3 heterocycles. The number of benzene rings is 1. The fraction of sp³-hybridized carbons (Fsp3) is 0.500. The first-order valence-electron chi connectivity index (χ1n) is 11.0. The number of hydrogen-bond donors (Lipinski definition) is 4. The molecule has 9 nitrogen and oxygen atoms in total. The Morgan fingerprint density at radius 1 is 1.12 bits per heavy atom. The Morgan fingerprint density at radius 3 is 2.76 bits per heavy atom. The molecule has 2 aliphatic rings. The Hall–Kier alpha value is -2.31. The summed E-state index contributed by atoms with van der Waals surface area (Å²) in [7, 11) is 0. The van der Waals surface area contributed by atoms with Crippen LogP contribution in [0.15, 0.2) is 41.8 Å². The van der Waals surface area contributed by atoms with Gasteiger partial charge >= 0.3 is 0 Å². The van der Waals surface area contributed by atoms with Crippen LogP contribution in [-0.4, -0.2) is 71.6 Å². The molecule has 0 radical (unpaired) electrons. The summed E-state index contributed by atoms with van der Waals surface area (Å²) in [4.78, 5) is 13.4. The third kappa shape index (κ3) is 4.43. The zero-order valence-electron chi connectivity index (χ0n) is 17.8. The number of anilines is 1. The van der Waals surface area contributed by atoms with Crippen molar-refractivity contribution in [2.45, 2.75) is 54.8 Å². The molecule has 2 fully saturated rings. The molecule has 11 heteroatoms. The maximum atomic E-state index is 13.9. The van der Waals surface area contributed by atoms with Crippen LogP contribution in [-0.2, 0) is 4.74 Å². The molecule has 4 N–H and O–H groups in total. The number of nitrogens with zero attached hydrogens (tertiary/aromatic N) is 4. The lowest BCUT2D eigenvalue weighted by molar-refractivity contribution is -0.0289. The fourth-order valence-corrected chi connectivity index (χ4v) is 5.48. The lowest BCUT2D eigenvalue weighted by Crippen LogP contribution is -2.32. The number of aliphatic hydroxyl groups is 3. The molecule has 1 saturated carbocycles. The number of hydrogen-bond acceptors (Lipinski definition) is 9. The summed E-state index contributed by atoms with van der Waals surface area (Å²) in [5, 5.41) is 34.5. The summed E-state index contributed by atoms with van der Waals surface area (Å²) in [6, 6.07) is 6.40. The second kappa shape index (κ2) is 9.51.